The van der Waals surface area contributed by atoms with Crippen LogP contribution in [0.25, 0.3) is 0 Å². The largest absolute Gasteiger partial charge is 0.352 e. The first-order chi connectivity index (χ1) is 12.4. The van der Waals surface area contributed by atoms with Crippen molar-refractivity contribution in [3.63, 3.8) is 0 Å². The number of likely N-dealkylation sites (tertiary alicyclic amines) is 1. The fourth-order valence-electron chi connectivity index (χ4n) is 3.40. The Kier molecular flexibility index (Phi) is 7.57. The first-order valence-electron chi connectivity index (χ1n) is 9.60. The van der Waals surface area contributed by atoms with Crippen LogP contribution in [0.1, 0.15) is 60.3 Å². The molecule has 0 spiro atoms. The standard InChI is InChI=1S/C20H32N4O2/c1-5-18(25)24-13-9-16(10-14-24)19-17(8-7-15(2)22-19)20(26)21-11-6-12-23(3)4/h7-8,16H,5-6,9-14H2,1-4H3,(H,21,26). The summed E-state index contributed by atoms with van der Waals surface area (Å²) in [6.07, 6.45) is 3.20. The minimum absolute atomic E-state index is 0.0432. The highest BCUT2D eigenvalue weighted by Gasteiger charge is 2.27. The molecular formula is C20H32N4O2. The van der Waals surface area contributed by atoms with Crippen LogP contribution in [-0.2, 0) is 4.79 Å². The summed E-state index contributed by atoms with van der Waals surface area (Å²) in [6, 6.07) is 3.79. The van der Waals surface area contributed by atoms with Crippen molar-refractivity contribution in [1.82, 2.24) is 20.1 Å². The highest BCUT2D eigenvalue weighted by molar-refractivity contribution is 5.95. The molecule has 0 saturated carbocycles. The lowest BCUT2D eigenvalue weighted by atomic mass is 9.89. The van der Waals surface area contributed by atoms with E-state index < -0.39 is 0 Å². The van der Waals surface area contributed by atoms with Crippen molar-refractivity contribution in [2.45, 2.75) is 45.4 Å². The maximum Gasteiger partial charge on any atom is 0.253 e. The van der Waals surface area contributed by atoms with E-state index in [4.69, 9.17) is 4.98 Å². The van der Waals surface area contributed by atoms with Crippen LogP contribution < -0.4 is 5.32 Å². The predicted molar refractivity (Wildman–Crippen MR) is 103 cm³/mol. The number of hydrogen-bond acceptors (Lipinski definition) is 4. The summed E-state index contributed by atoms with van der Waals surface area (Å²) in [6.45, 7) is 6.96. The molecule has 1 aromatic heterocycles. The number of nitrogens with one attached hydrogen (secondary N) is 1. The maximum atomic E-state index is 12.7. The summed E-state index contributed by atoms with van der Waals surface area (Å²) < 4.78 is 0. The second kappa shape index (κ2) is 9.67. The second-order valence-electron chi connectivity index (χ2n) is 7.31. The molecule has 0 unspecified atom stereocenters. The van der Waals surface area contributed by atoms with Crippen LogP contribution in [0.5, 0.6) is 0 Å². The van der Waals surface area contributed by atoms with Gasteiger partial charge in [-0.2, -0.15) is 0 Å². The Morgan fingerprint density at radius 2 is 1.96 bits per heavy atom. The van der Waals surface area contributed by atoms with E-state index in [9.17, 15) is 9.59 Å². The first kappa shape index (κ1) is 20.4. The fraction of sp³-hybridized carbons (Fsp3) is 0.650. The van der Waals surface area contributed by atoms with Crippen molar-refractivity contribution in [2.75, 3.05) is 40.3 Å². The third-order valence-electron chi connectivity index (χ3n) is 4.91. The van der Waals surface area contributed by atoms with Gasteiger partial charge in [0, 0.05) is 37.7 Å². The van der Waals surface area contributed by atoms with E-state index >= 15 is 0 Å². The molecule has 0 bridgehead atoms. The van der Waals surface area contributed by atoms with Crippen LogP contribution in [0.4, 0.5) is 0 Å². The lowest BCUT2D eigenvalue weighted by Crippen LogP contribution is -2.38. The highest BCUT2D eigenvalue weighted by atomic mass is 16.2. The summed E-state index contributed by atoms with van der Waals surface area (Å²) >= 11 is 0. The summed E-state index contributed by atoms with van der Waals surface area (Å²) in [5.41, 5.74) is 2.50. The number of carbonyl (C=O) groups is 2. The SMILES string of the molecule is CCC(=O)N1CCC(c2nc(C)ccc2C(=O)NCCCN(C)C)CC1. The summed E-state index contributed by atoms with van der Waals surface area (Å²) in [5.74, 6) is 0.399. The zero-order valence-corrected chi connectivity index (χ0v) is 16.5. The molecule has 6 heteroatoms. The Morgan fingerprint density at radius 3 is 2.58 bits per heavy atom. The number of rotatable bonds is 7. The molecule has 2 rings (SSSR count). The Morgan fingerprint density at radius 1 is 1.27 bits per heavy atom. The van der Waals surface area contributed by atoms with Gasteiger partial charge in [0.2, 0.25) is 5.91 Å². The minimum Gasteiger partial charge on any atom is -0.352 e. The molecule has 1 fully saturated rings. The number of piperidine rings is 1. The molecule has 1 aromatic rings. The van der Waals surface area contributed by atoms with Gasteiger partial charge in [0.1, 0.15) is 0 Å². The normalized spacial score (nSPS) is 15.3. The monoisotopic (exact) mass is 360 g/mol. The zero-order valence-electron chi connectivity index (χ0n) is 16.5. The van der Waals surface area contributed by atoms with Crippen LogP contribution in [0.2, 0.25) is 0 Å². The molecule has 1 saturated heterocycles. The average Bonchev–Trinajstić information content (AvgIpc) is 2.64. The fourth-order valence-corrected chi connectivity index (χ4v) is 3.40. The van der Waals surface area contributed by atoms with E-state index in [0.717, 1.165) is 50.3 Å². The van der Waals surface area contributed by atoms with E-state index in [0.29, 0.717) is 18.5 Å². The quantitative estimate of drug-likeness (QED) is 0.757. The molecule has 1 N–H and O–H groups in total. The van der Waals surface area contributed by atoms with Crippen molar-refractivity contribution < 1.29 is 9.59 Å². The van der Waals surface area contributed by atoms with Gasteiger partial charge >= 0.3 is 0 Å². The van der Waals surface area contributed by atoms with Crippen LogP contribution in [0.15, 0.2) is 12.1 Å². The summed E-state index contributed by atoms with van der Waals surface area (Å²) in [4.78, 5) is 33.3. The van der Waals surface area contributed by atoms with Gasteiger partial charge < -0.3 is 15.1 Å². The Balaban J connectivity index is 2.03. The number of carbonyl (C=O) groups excluding carboxylic acids is 2. The van der Waals surface area contributed by atoms with Crippen molar-refractivity contribution >= 4 is 11.8 Å². The Bertz CT molecular complexity index is 622. The Labute approximate surface area is 157 Å². The maximum absolute atomic E-state index is 12.7. The van der Waals surface area contributed by atoms with Gasteiger partial charge in [-0.1, -0.05) is 6.92 Å². The van der Waals surface area contributed by atoms with Gasteiger partial charge in [-0.3, -0.25) is 14.6 Å². The average molecular weight is 361 g/mol. The number of amides is 2. The summed E-state index contributed by atoms with van der Waals surface area (Å²) in [5, 5.41) is 3.02. The number of aryl methyl sites for hydroxylation is 1. The molecule has 0 radical (unpaired) electrons. The van der Waals surface area contributed by atoms with Gasteiger partial charge in [0.25, 0.3) is 5.91 Å². The number of aromatic nitrogens is 1. The van der Waals surface area contributed by atoms with Gasteiger partial charge in [0.15, 0.2) is 0 Å². The molecule has 0 aromatic carbocycles. The molecule has 26 heavy (non-hydrogen) atoms. The number of hydrogen-bond donors (Lipinski definition) is 1. The Hall–Kier alpha value is -1.95. The van der Waals surface area contributed by atoms with E-state index in [-0.39, 0.29) is 17.7 Å². The van der Waals surface area contributed by atoms with E-state index in [1.807, 2.05) is 45.0 Å². The third-order valence-corrected chi connectivity index (χ3v) is 4.91. The van der Waals surface area contributed by atoms with Crippen LogP contribution >= 0.6 is 0 Å². The molecule has 1 aliphatic rings. The van der Waals surface area contributed by atoms with Crippen LogP contribution in [0.3, 0.4) is 0 Å². The van der Waals surface area contributed by atoms with E-state index in [1.54, 1.807) is 0 Å². The molecule has 1 aliphatic heterocycles. The number of nitrogens with zero attached hydrogens (tertiary/aromatic N) is 3. The molecule has 2 heterocycles. The topological polar surface area (TPSA) is 65.5 Å². The van der Waals surface area contributed by atoms with E-state index in [1.165, 1.54) is 0 Å². The molecule has 2 amide bonds. The zero-order chi connectivity index (χ0) is 19.1. The first-order valence-corrected chi connectivity index (χ1v) is 9.60. The van der Waals surface area contributed by atoms with Gasteiger partial charge in [-0.15, -0.1) is 0 Å². The molecule has 144 valence electrons. The number of pyridine rings is 1. The minimum atomic E-state index is -0.0432. The third kappa shape index (κ3) is 5.53. The molecule has 6 nitrogen and oxygen atoms in total. The lowest BCUT2D eigenvalue weighted by molar-refractivity contribution is -0.131. The van der Waals surface area contributed by atoms with Crippen LogP contribution in [0, 0.1) is 6.92 Å². The lowest BCUT2D eigenvalue weighted by Gasteiger charge is -2.32. The molecular weight excluding hydrogens is 328 g/mol. The summed E-state index contributed by atoms with van der Waals surface area (Å²) in [7, 11) is 4.05. The highest BCUT2D eigenvalue weighted by Crippen LogP contribution is 2.29. The van der Waals surface area contributed by atoms with Crippen molar-refractivity contribution in [3.8, 4) is 0 Å². The van der Waals surface area contributed by atoms with Crippen molar-refractivity contribution in [2.24, 2.45) is 0 Å². The van der Waals surface area contributed by atoms with Gasteiger partial charge in [-0.05, 0) is 59.0 Å². The smallest absolute Gasteiger partial charge is 0.253 e. The van der Waals surface area contributed by atoms with E-state index in [2.05, 4.69) is 10.2 Å². The molecule has 0 atom stereocenters. The van der Waals surface area contributed by atoms with Gasteiger partial charge in [0.05, 0.1) is 11.3 Å². The predicted octanol–water partition coefficient (Wildman–Crippen LogP) is 2.19. The van der Waals surface area contributed by atoms with Crippen molar-refractivity contribution in [1.29, 1.82) is 0 Å². The second-order valence-corrected chi connectivity index (χ2v) is 7.31. The van der Waals surface area contributed by atoms with Crippen LogP contribution in [-0.4, -0.2) is 66.9 Å². The van der Waals surface area contributed by atoms with Crippen molar-refractivity contribution in [3.05, 3.63) is 29.1 Å². The van der Waals surface area contributed by atoms with Gasteiger partial charge in [-0.25, -0.2) is 0 Å². The molecule has 0 aliphatic carbocycles.